The molecule has 2 aromatic carbocycles. The molecule has 0 spiro atoms. The Kier molecular flexibility index (Phi) is 6.58. The van der Waals surface area contributed by atoms with Crippen LogP contribution in [-0.2, 0) is 6.54 Å². The Morgan fingerprint density at radius 2 is 1.77 bits per heavy atom. The number of rotatable bonds is 7. The van der Waals surface area contributed by atoms with E-state index in [0.717, 1.165) is 38.1 Å². The first-order valence-corrected chi connectivity index (χ1v) is 8.71. The van der Waals surface area contributed by atoms with Gasteiger partial charge in [0.15, 0.2) is 11.5 Å². The second kappa shape index (κ2) is 8.44. The van der Waals surface area contributed by atoms with E-state index in [9.17, 15) is 0 Å². The third-order valence-corrected chi connectivity index (χ3v) is 4.39. The molecule has 0 radical (unpaired) electrons. The summed E-state index contributed by atoms with van der Waals surface area (Å²) in [6.07, 6.45) is 0.966. The molecule has 0 saturated carbocycles. The van der Waals surface area contributed by atoms with E-state index >= 15 is 0 Å². The largest absolute Gasteiger partial charge is 0.493 e. The molecule has 0 aliphatic carbocycles. The van der Waals surface area contributed by atoms with Crippen molar-refractivity contribution in [3.8, 4) is 11.5 Å². The fraction of sp³-hybridized carbons (Fsp3) is 0.294. The summed E-state index contributed by atoms with van der Waals surface area (Å²) in [6, 6.07) is 12.1. The minimum Gasteiger partial charge on any atom is -0.493 e. The average molecular weight is 429 g/mol. The minimum absolute atomic E-state index is 0.680. The zero-order valence-corrected chi connectivity index (χ0v) is 15.8. The highest BCUT2D eigenvalue weighted by Gasteiger charge is 2.10. The number of methoxy groups -OCH3 is 1. The van der Waals surface area contributed by atoms with E-state index in [1.165, 1.54) is 0 Å². The van der Waals surface area contributed by atoms with Crippen molar-refractivity contribution >= 4 is 37.5 Å². The predicted octanol–water partition coefficient (Wildman–Crippen LogP) is 5.62. The summed E-state index contributed by atoms with van der Waals surface area (Å²) < 4.78 is 13.2. The Labute approximate surface area is 148 Å². The van der Waals surface area contributed by atoms with Crippen molar-refractivity contribution in [3.05, 3.63) is 50.9 Å². The van der Waals surface area contributed by atoms with Gasteiger partial charge in [-0.1, -0.05) is 38.8 Å². The zero-order chi connectivity index (χ0) is 15.9. The van der Waals surface area contributed by atoms with Crippen molar-refractivity contribution in [2.75, 3.05) is 19.0 Å². The van der Waals surface area contributed by atoms with Gasteiger partial charge in [-0.05, 0) is 48.4 Å². The van der Waals surface area contributed by atoms with Crippen molar-refractivity contribution in [3.63, 3.8) is 0 Å². The van der Waals surface area contributed by atoms with Gasteiger partial charge < -0.3 is 14.8 Å². The monoisotopic (exact) mass is 427 g/mol. The highest BCUT2D eigenvalue weighted by molar-refractivity contribution is 9.10. The number of hydrogen-bond donors (Lipinski definition) is 1. The fourth-order valence-corrected chi connectivity index (χ4v) is 2.69. The SMILES string of the molecule is CCCOc1cc(Br)c(CNc2ccc(Br)cc2)cc1OC. The first-order valence-electron chi connectivity index (χ1n) is 7.12. The molecule has 22 heavy (non-hydrogen) atoms. The lowest BCUT2D eigenvalue weighted by Crippen LogP contribution is -2.03. The van der Waals surface area contributed by atoms with Gasteiger partial charge in [-0.15, -0.1) is 0 Å². The van der Waals surface area contributed by atoms with E-state index < -0.39 is 0 Å². The van der Waals surface area contributed by atoms with Gasteiger partial charge in [-0.25, -0.2) is 0 Å². The van der Waals surface area contributed by atoms with Crippen LogP contribution in [0.25, 0.3) is 0 Å². The molecule has 0 bridgehead atoms. The summed E-state index contributed by atoms with van der Waals surface area (Å²) in [7, 11) is 1.66. The summed E-state index contributed by atoms with van der Waals surface area (Å²) in [5.41, 5.74) is 2.18. The van der Waals surface area contributed by atoms with Crippen LogP contribution in [0.5, 0.6) is 11.5 Å². The molecular weight excluding hydrogens is 410 g/mol. The van der Waals surface area contributed by atoms with Crippen molar-refractivity contribution in [1.82, 2.24) is 0 Å². The van der Waals surface area contributed by atoms with E-state index in [1.54, 1.807) is 7.11 Å². The molecule has 5 heteroatoms. The number of benzene rings is 2. The zero-order valence-electron chi connectivity index (χ0n) is 12.7. The fourth-order valence-electron chi connectivity index (χ4n) is 1.96. The van der Waals surface area contributed by atoms with Crippen molar-refractivity contribution < 1.29 is 9.47 Å². The summed E-state index contributed by atoms with van der Waals surface area (Å²) >= 11 is 7.04. The number of halogens is 2. The summed E-state index contributed by atoms with van der Waals surface area (Å²) in [5.74, 6) is 1.52. The van der Waals surface area contributed by atoms with E-state index in [2.05, 4.69) is 44.1 Å². The molecule has 0 saturated heterocycles. The molecule has 0 amide bonds. The standard InChI is InChI=1S/C17H19Br2NO2/c1-3-8-22-17-10-15(19)12(9-16(17)21-2)11-20-14-6-4-13(18)5-7-14/h4-7,9-10,20H,3,8,11H2,1-2H3. The predicted molar refractivity (Wildman–Crippen MR) is 97.9 cm³/mol. The average Bonchev–Trinajstić information content (AvgIpc) is 2.53. The third-order valence-electron chi connectivity index (χ3n) is 3.12. The number of hydrogen-bond acceptors (Lipinski definition) is 3. The van der Waals surface area contributed by atoms with Crippen LogP contribution in [0.15, 0.2) is 45.3 Å². The molecular formula is C17H19Br2NO2. The van der Waals surface area contributed by atoms with Gasteiger partial charge in [0.25, 0.3) is 0 Å². The second-order valence-electron chi connectivity index (χ2n) is 4.80. The van der Waals surface area contributed by atoms with E-state index in [4.69, 9.17) is 9.47 Å². The molecule has 2 aromatic rings. The number of nitrogens with one attached hydrogen (secondary N) is 1. The molecule has 3 nitrogen and oxygen atoms in total. The first kappa shape index (κ1) is 17.2. The van der Waals surface area contributed by atoms with Crippen LogP contribution in [0.4, 0.5) is 5.69 Å². The molecule has 0 aliphatic rings. The van der Waals surface area contributed by atoms with Crippen LogP contribution in [0.3, 0.4) is 0 Å². The number of ether oxygens (including phenoxy) is 2. The van der Waals surface area contributed by atoms with Crippen LogP contribution in [0.1, 0.15) is 18.9 Å². The van der Waals surface area contributed by atoms with Gasteiger partial charge in [-0.2, -0.15) is 0 Å². The van der Waals surface area contributed by atoms with Crippen LogP contribution in [-0.4, -0.2) is 13.7 Å². The molecule has 0 fully saturated rings. The maximum absolute atomic E-state index is 5.71. The smallest absolute Gasteiger partial charge is 0.162 e. The Morgan fingerprint density at radius 3 is 2.41 bits per heavy atom. The van der Waals surface area contributed by atoms with Gasteiger partial charge in [0.2, 0.25) is 0 Å². The highest BCUT2D eigenvalue weighted by Crippen LogP contribution is 2.34. The van der Waals surface area contributed by atoms with Gasteiger partial charge in [0, 0.05) is 21.2 Å². The molecule has 0 aromatic heterocycles. The third kappa shape index (κ3) is 4.65. The lowest BCUT2D eigenvalue weighted by molar-refractivity contribution is 0.294. The van der Waals surface area contributed by atoms with Gasteiger partial charge in [0.05, 0.1) is 13.7 Å². The van der Waals surface area contributed by atoms with Gasteiger partial charge >= 0.3 is 0 Å². The van der Waals surface area contributed by atoms with Crippen molar-refractivity contribution in [2.24, 2.45) is 0 Å². The van der Waals surface area contributed by atoms with Gasteiger partial charge in [0.1, 0.15) is 0 Å². The normalized spacial score (nSPS) is 10.4. The van der Waals surface area contributed by atoms with Crippen LogP contribution in [0.2, 0.25) is 0 Å². The minimum atomic E-state index is 0.680. The Bertz CT molecular complexity index is 615. The Morgan fingerprint density at radius 1 is 1.05 bits per heavy atom. The highest BCUT2D eigenvalue weighted by atomic mass is 79.9. The van der Waals surface area contributed by atoms with E-state index in [-0.39, 0.29) is 0 Å². The van der Waals surface area contributed by atoms with Crippen LogP contribution < -0.4 is 14.8 Å². The molecule has 1 N–H and O–H groups in total. The van der Waals surface area contributed by atoms with Crippen LogP contribution in [0, 0.1) is 0 Å². The molecule has 0 heterocycles. The summed E-state index contributed by atoms with van der Waals surface area (Å²) in [6.45, 7) is 3.46. The Hall–Kier alpha value is -1.20. The maximum atomic E-state index is 5.71. The molecule has 0 unspecified atom stereocenters. The lowest BCUT2D eigenvalue weighted by atomic mass is 10.2. The van der Waals surface area contributed by atoms with Gasteiger partial charge in [-0.3, -0.25) is 0 Å². The first-order chi connectivity index (χ1) is 10.6. The van der Waals surface area contributed by atoms with Crippen molar-refractivity contribution in [2.45, 2.75) is 19.9 Å². The van der Waals surface area contributed by atoms with Crippen LogP contribution >= 0.6 is 31.9 Å². The molecule has 0 aliphatic heterocycles. The molecule has 0 atom stereocenters. The van der Waals surface area contributed by atoms with E-state index in [1.807, 2.05) is 36.4 Å². The lowest BCUT2D eigenvalue weighted by Gasteiger charge is -2.14. The topological polar surface area (TPSA) is 30.5 Å². The quantitative estimate of drug-likeness (QED) is 0.620. The van der Waals surface area contributed by atoms with Crippen molar-refractivity contribution in [1.29, 1.82) is 0 Å². The molecule has 2 rings (SSSR count). The maximum Gasteiger partial charge on any atom is 0.162 e. The summed E-state index contributed by atoms with van der Waals surface area (Å²) in [5, 5.41) is 3.40. The second-order valence-corrected chi connectivity index (χ2v) is 6.57. The Balaban J connectivity index is 2.11. The summed E-state index contributed by atoms with van der Waals surface area (Å²) in [4.78, 5) is 0. The van der Waals surface area contributed by atoms with E-state index in [0.29, 0.717) is 13.2 Å². The molecule has 118 valence electrons. The number of anilines is 1.